The highest BCUT2D eigenvalue weighted by Gasteiger charge is 2.22. The number of benzene rings is 1. The normalized spacial score (nSPS) is 19.3. The number of hydrogen-bond acceptors (Lipinski definition) is 3. The topological polar surface area (TPSA) is 24.5 Å². The van der Waals surface area contributed by atoms with E-state index in [0.717, 1.165) is 37.6 Å². The average molecular weight is 287 g/mol. The monoisotopic (exact) mass is 286 g/mol. The highest BCUT2D eigenvalue weighted by Crippen LogP contribution is 2.33. The third-order valence-corrected chi connectivity index (χ3v) is 3.82. The molecule has 0 bridgehead atoms. The summed E-state index contributed by atoms with van der Waals surface area (Å²) in [6.45, 7) is 4.78. The van der Waals surface area contributed by atoms with Crippen molar-refractivity contribution in [1.29, 1.82) is 0 Å². The van der Waals surface area contributed by atoms with E-state index in [2.05, 4.69) is 10.2 Å². The van der Waals surface area contributed by atoms with Gasteiger partial charge in [0.1, 0.15) is 18.2 Å². The van der Waals surface area contributed by atoms with Gasteiger partial charge in [-0.1, -0.05) is 0 Å². The average Bonchev–Trinajstić information content (AvgIpc) is 2.41. The number of fused-ring (bicyclic) bond motifs is 1. The molecule has 1 aromatic rings. The van der Waals surface area contributed by atoms with Crippen LogP contribution >= 0.6 is 12.4 Å². The van der Waals surface area contributed by atoms with E-state index in [1.165, 1.54) is 18.9 Å². The minimum Gasteiger partial charge on any atom is -0.490 e. The van der Waals surface area contributed by atoms with Crippen molar-refractivity contribution in [1.82, 2.24) is 5.32 Å². The van der Waals surface area contributed by atoms with Crippen molar-refractivity contribution in [3.63, 3.8) is 0 Å². The second-order valence-electron chi connectivity index (χ2n) is 5.10. The Bertz CT molecular complexity index is 424. The van der Waals surface area contributed by atoms with Crippen molar-refractivity contribution in [2.45, 2.75) is 12.8 Å². The van der Waals surface area contributed by atoms with E-state index < -0.39 is 0 Å². The van der Waals surface area contributed by atoms with Gasteiger partial charge < -0.3 is 15.0 Å². The first kappa shape index (κ1) is 14.4. The first-order chi connectivity index (χ1) is 8.83. The van der Waals surface area contributed by atoms with E-state index in [-0.39, 0.29) is 18.2 Å². The fourth-order valence-electron chi connectivity index (χ4n) is 2.81. The van der Waals surface area contributed by atoms with Crippen LogP contribution in [-0.4, -0.2) is 32.8 Å². The van der Waals surface area contributed by atoms with Gasteiger partial charge >= 0.3 is 0 Å². The molecule has 0 radical (unpaired) electrons. The highest BCUT2D eigenvalue weighted by molar-refractivity contribution is 5.85. The van der Waals surface area contributed by atoms with Gasteiger partial charge in [-0.25, -0.2) is 4.39 Å². The minimum absolute atomic E-state index is 0. The zero-order chi connectivity index (χ0) is 12.4. The summed E-state index contributed by atoms with van der Waals surface area (Å²) in [6.07, 6.45) is 2.42. The fourth-order valence-corrected chi connectivity index (χ4v) is 2.81. The predicted molar refractivity (Wildman–Crippen MR) is 76.9 cm³/mol. The summed E-state index contributed by atoms with van der Waals surface area (Å²) in [6, 6.07) is 4.79. The van der Waals surface area contributed by atoms with Crippen molar-refractivity contribution in [2.75, 3.05) is 37.7 Å². The quantitative estimate of drug-likeness (QED) is 0.904. The number of piperidine rings is 1. The van der Waals surface area contributed by atoms with E-state index in [0.29, 0.717) is 12.5 Å². The van der Waals surface area contributed by atoms with E-state index in [9.17, 15) is 4.39 Å². The Balaban J connectivity index is 0.00000133. The van der Waals surface area contributed by atoms with E-state index in [1.807, 2.05) is 0 Å². The van der Waals surface area contributed by atoms with Crippen LogP contribution in [0.5, 0.6) is 5.75 Å². The summed E-state index contributed by atoms with van der Waals surface area (Å²) >= 11 is 0. The van der Waals surface area contributed by atoms with E-state index >= 15 is 0 Å². The standard InChI is InChI=1S/C14H19FN2O.ClH/c15-12-1-2-14-13(9-12)17(7-8-18-14)10-11-3-5-16-6-4-11;/h1-2,9,11,16H,3-8,10H2;1H. The number of nitrogens with one attached hydrogen (secondary N) is 1. The number of nitrogens with zero attached hydrogens (tertiary/aromatic N) is 1. The second-order valence-corrected chi connectivity index (χ2v) is 5.10. The molecule has 0 amide bonds. The Morgan fingerprint density at radius 1 is 1.32 bits per heavy atom. The van der Waals surface area contributed by atoms with Gasteiger partial charge in [0.25, 0.3) is 0 Å². The van der Waals surface area contributed by atoms with Crippen LogP contribution in [0.4, 0.5) is 10.1 Å². The lowest BCUT2D eigenvalue weighted by molar-refractivity contribution is 0.294. The lowest BCUT2D eigenvalue weighted by Crippen LogP contribution is -2.40. The molecular formula is C14H20ClFN2O. The Kier molecular flexibility index (Phi) is 4.88. The van der Waals surface area contributed by atoms with Crippen LogP contribution < -0.4 is 15.0 Å². The number of hydrogen-bond donors (Lipinski definition) is 1. The summed E-state index contributed by atoms with van der Waals surface area (Å²) in [4.78, 5) is 2.28. The first-order valence-corrected chi connectivity index (χ1v) is 6.71. The maximum atomic E-state index is 13.4. The van der Waals surface area contributed by atoms with Crippen LogP contribution in [-0.2, 0) is 0 Å². The molecule has 3 nitrogen and oxygen atoms in total. The molecule has 0 aromatic heterocycles. The summed E-state index contributed by atoms with van der Waals surface area (Å²) in [7, 11) is 0. The molecule has 0 aliphatic carbocycles. The van der Waals surface area contributed by atoms with Crippen LogP contribution in [0.15, 0.2) is 18.2 Å². The molecule has 1 saturated heterocycles. The molecule has 1 fully saturated rings. The molecule has 1 N–H and O–H groups in total. The van der Waals surface area contributed by atoms with Gasteiger partial charge in [-0.2, -0.15) is 0 Å². The summed E-state index contributed by atoms with van der Waals surface area (Å²) in [5.41, 5.74) is 0.916. The lowest BCUT2D eigenvalue weighted by Gasteiger charge is -2.35. The second kappa shape index (κ2) is 6.44. The number of anilines is 1. The molecule has 19 heavy (non-hydrogen) atoms. The van der Waals surface area contributed by atoms with Crippen molar-refractivity contribution in [3.8, 4) is 5.75 Å². The molecule has 0 spiro atoms. The zero-order valence-electron chi connectivity index (χ0n) is 10.9. The van der Waals surface area contributed by atoms with Crippen molar-refractivity contribution in [3.05, 3.63) is 24.0 Å². The summed E-state index contributed by atoms with van der Waals surface area (Å²) < 4.78 is 18.9. The fraction of sp³-hybridized carbons (Fsp3) is 0.571. The smallest absolute Gasteiger partial charge is 0.142 e. The first-order valence-electron chi connectivity index (χ1n) is 6.71. The third kappa shape index (κ3) is 3.31. The van der Waals surface area contributed by atoms with Gasteiger partial charge in [0.15, 0.2) is 0 Å². The van der Waals surface area contributed by atoms with Gasteiger partial charge in [-0.05, 0) is 44.0 Å². The maximum Gasteiger partial charge on any atom is 0.142 e. The molecule has 2 heterocycles. The molecule has 0 saturated carbocycles. The molecule has 2 aliphatic rings. The molecule has 5 heteroatoms. The lowest BCUT2D eigenvalue weighted by atomic mass is 9.97. The molecule has 0 unspecified atom stereocenters. The Morgan fingerprint density at radius 3 is 2.89 bits per heavy atom. The molecular weight excluding hydrogens is 267 g/mol. The number of halogens is 2. The Morgan fingerprint density at radius 2 is 2.11 bits per heavy atom. The van der Waals surface area contributed by atoms with Crippen LogP contribution in [0.25, 0.3) is 0 Å². The summed E-state index contributed by atoms with van der Waals surface area (Å²) in [5.74, 6) is 1.34. The van der Waals surface area contributed by atoms with Crippen LogP contribution in [0.1, 0.15) is 12.8 Å². The summed E-state index contributed by atoms with van der Waals surface area (Å²) in [5, 5.41) is 3.38. The largest absolute Gasteiger partial charge is 0.490 e. The van der Waals surface area contributed by atoms with Gasteiger partial charge in [-0.3, -0.25) is 0 Å². The highest BCUT2D eigenvalue weighted by atomic mass is 35.5. The number of ether oxygens (including phenoxy) is 1. The Labute approximate surface area is 119 Å². The van der Waals surface area contributed by atoms with Gasteiger partial charge in [0.2, 0.25) is 0 Å². The van der Waals surface area contributed by atoms with Gasteiger partial charge in [0, 0.05) is 12.6 Å². The van der Waals surface area contributed by atoms with Crippen LogP contribution in [0.2, 0.25) is 0 Å². The van der Waals surface area contributed by atoms with E-state index in [4.69, 9.17) is 4.74 Å². The minimum atomic E-state index is -0.186. The zero-order valence-corrected chi connectivity index (χ0v) is 11.7. The van der Waals surface area contributed by atoms with E-state index in [1.54, 1.807) is 12.1 Å². The SMILES string of the molecule is Cl.Fc1ccc2c(c1)N(CC1CCNCC1)CCO2. The molecule has 0 atom stereocenters. The predicted octanol–water partition coefficient (Wildman–Crippen LogP) is 2.45. The van der Waals surface area contributed by atoms with Gasteiger partial charge in [-0.15, -0.1) is 12.4 Å². The Hall–Kier alpha value is -1.00. The van der Waals surface area contributed by atoms with Gasteiger partial charge in [0.05, 0.1) is 12.2 Å². The molecule has 106 valence electrons. The maximum absolute atomic E-state index is 13.4. The van der Waals surface area contributed by atoms with Crippen LogP contribution in [0.3, 0.4) is 0 Å². The van der Waals surface area contributed by atoms with Crippen molar-refractivity contribution < 1.29 is 9.13 Å². The molecule has 3 rings (SSSR count). The third-order valence-electron chi connectivity index (χ3n) is 3.82. The van der Waals surface area contributed by atoms with Crippen molar-refractivity contribution >= 4 is 18.1 Å². The molecule has 2 aliphatic heterocycles. The van der Waals surface area contributed by atoms with Crippen molar-refractivity contribution in [2.24, 2.45) is 5.92 Å². The molecule has 1 aromatic carbocycles. The number of rotatable bonds is 2. The van der Waals surface area contributed by atoms with Crippen LogP contribution in [0, 0.1) is 11.7 Å².